The van der Waals surface area contributed by atoms with Crippen LogP contribution >= 0.6 is 0 Å². The Morgan fingerprint density at radius 1 is 1.11 bits per heavy atom. The fourth-order valence-electron chi connectivity index (χ4n) is 4.37. The van der Waals surface area contributed by atoms with Crippen LogP contribution in [-0.4, -0.2) is 49.1 Å². The molecule has 36 heavy (non-hydrogen) atoms. The molecule has 1 unspecified atom stereocenters. The number of carbonyl (C=O) groups excluding carboxylic acids is 1. The summed E-state index contributed by atoms with van der Waals surface area (Å²) in [6.07, 6.45) is 4.68. The molecule has 0 aliphatic carbocycles. The first-order valence-electron chi connectivity index (χ1n) is 12.7. The normalized spacial score (nSPS) is 14.0. The Morgan fingerprint density at radius 3 is 2.67 bits per heavy atom. The van der Waals surface area contributed by atoms with Gasteiger partial charge in [-0.05, 0) is 63.0 Å². The molecule has 0 spiro atoms. The van der Waals surface area contributed by atoms with Crippen molar-refractivity contribution in [1.29, 1.82) is 0 Å². The minimum absolute atomic E-state index is 0.00712. The molecular weight excluding hydrogens is 452 g/mol. The van der Waals surface area contributed by atoms with Crippen molar-refractivity contribution in [1.82, 2.24) is 15.3 Å². The lowest BCUT2D eigenvalue weighted by atomic mass is 10.1. The predicted octanol–water partition coefficient (Wildman–Crippen LogP) is 4.63. The van der Waals surface area contributed by atoms with Crippen LogP contribution in [0, 0.1) is 0 Å². The van der Waals surface area contributed by atoms with Gasteiger partial charge in [0.2, 0.25) is 5.95 Å². The summed E-state index contributed by atoms with van der Waals surface area (Å²) in [7, 11) is 1.95. The van der Waals surface area contributed by atoms with E-state index in [1.807, 2.05) is 56.4 Å². The van der Waals surface area contributed by atoms with Crippen molar-refractivity contribution in [3.8, 4) is 0 Å². The molecule has 3 aromatic rings. The van der Waals surface area contributed by atoms with E-state index in [4.69, 9.17) is 4.74 Å². The monoisotopic (exact) mass is 488 g/mol. The Bertz CT molecular complexity index is 1120. The number of anilines is 3. The highest BCUT2D eigenvalue weighted by Gasteiger charge is 2.22. The third kappa shape index (κ3) is 6.80. The molecule has 0 bridgehead atoms. The van der Waals surface area contributed by atoms with Crippen LogP contribution in [0.5, 0.6) is 0 Å². The van der Waals surface area contributed by atoms with Crippen molar-refractivity contribution in [2.45, 2.75) is 38.9 Å². The van der Waals surface area contributed by atoms with Crippen LogP contribution in [0.3, 0.4) is 0 Å². The molecular formula is C28H36N6O2. The first-order chi connectivity index (χ1) is 17.7. The molecule has 1 atom stereocenters. The summed E-state index contributed by atoms with van der Waals surface area (Å²) in [5.41, 5.74) is 3.36. The average molecular weight is 489 g/mol. The van der Waals surface area contributed by atoms with Crippen LogP contribution in [-0.2, 0) is 11.3 Å². The second-order valence-corrected chi connectivity index (χ2v) is 8.91. The smallest absolute Gasteiger partial charge is 0.261 e. The minimum Gasteiger partial charge on any atom is -0.369 e. The van der Waals surface area contributed by atoms with E-state index in [0.29, 0.717) is 23.9 Å². The van der Waals surface area contributed by atoms with Gasteiger partial charge in [0.05, 0.1) is 12.7 Å². The predicted molar refractivity (Wildman–Crippen MR) is 145 cm³/mol. The van der Waals surface area contributed by atoms with Gasteiger partial charge in [-0.2, -0.15) is 4.98 Å². The lowest BCUT2D eigenvalue weighted by Gasteiger charge is -2.20. The molecule has 1 fully saturated rings. The van der Waals surface area contributed by atoms with E-state index < -0.39 is 0 Å². The summed E-state index contributed by atoms with van der Waals surface area (Å²) in [4.78, 5) is 24.4. The van der Waals surface area contributed by atoms with Crippen LogP contribution in [0.1, 0.15) is 53.8 Å². The number of nitrogens with zero attached hydrogens (tertiary/aromatic N) is 3. The number of hydrogen-bond donors (Lipinski definition) is 3. The number of benzene rings is 2. The molecule has 8 nitrogen and oxygen atoms in total. The number of rotatable bonds is 12. The SMILES string of the molecule is CCNc1ncc(C(=O)Nc2cccc(COC(CCNC)c3ccccc3)c2)c(N2CCCC2)n1. The second kappa shape index (κ2) is 13.0. The third-order valence-electron chi connectivity index (χ3n) is 6.22. The number of carbonyl (C=O) groups is 1. The second-order valence-electron chi connectivity index (χ2n) is 8.91. The van der Waals surface area contributed by atoms with E-state index in [-0.39, 0.29) is 12.0 Å². The highest BCUT2D eigenvalue weighted by atomic mass is 16.5. The maximum atomic E-state index is 13.3. The Balaban J connectivity index is 1.45. The largest absolute Gasteiger partial charge is 0.369 e. The van der Waals surface area contributed by atoms with Gasteiger partial charge in [-0.15, -0.1) is 0 Å². The zero-order valence-corrected chi connectivity index (χ0v) is 21.2. The van der Waals surface area contributed by atoms with Crippen molar-refractivity contribution in [2.24, 2.45) is 0 Å². The minimum atomic E-state index is -0.214. The van der Waals surface area contributed by atoms with E-state index in [2.05, 4.69) is 43.0 Å². The summed E-state index contributed by atoms with van der Waals surface area (Å²) in [6.45, 7) is 5.83. The molecule has 1 aromatic heterocycles. The fourth-order valence-corrected chi connectivity index (χ4v) is 4.37. The molecule has 190 valence electrons. The molecule has 2 heterocycles. The summed E-state index contributed by atoms with van der Waals surface area (Å²) in [5, 5.41) is 9.38. The van der Waals surface area contributed by atoms with Crippen LogP contribution in [0.15, 0.2) is 60.8 Å². The quantitative estimate of drug-likeness (QED) is 0.342. The molecule has 1 saturated heterocycles. The Labute approximate surface area is 213 Å². The van der Waals surface area contributed by atoms with E-state index in [1.165, 1.54) is 0 Å². The van der Waals surface area contributed by atoms with Gasteiger partial charge in [0, 0.05) is 31.5 Å². The van der Waals surface area contributed by atoms with Crippen molar-refractivity contribution in [2.75, 3.05) is 48.8 Å². The van der Waals surface area contributed by atoms with Gasteiger partial charge in [0.1, 0.15) is 11.4 Å². The summed E-state index contributed by atoms with van der Waals surface area (Å²) >= 11 is 0. The maximum Gasteiger partial charge on any atom is 0.261 e. The molecule has 1 aliphatic rings. The Hall–Kier alpha value is -3.49. The highest BCUT2D eigenvalue weighted by Crippen LogP contribution is 2.26. The van der Waals surface area contributed by atoms with Crippen LogP contribution in [0.4, 0.5) is 17.5 Å². The van der Waals surface area contributed by atoms with Gasteiger partial charge in [-0.1, -0.05) is 42.5 Å². The van der Waals surface area contributed by atoms with E-state index in [1.54, 1.807) is 6.20 Å². The summed E-state index contributed by atoms with van der Waals surface area (Å²) in [5.74, 6) is 1.02. The van der Waals surface area contributed by atoms with Gasteiger partial charge in [0.15, 0.2) is 0 Å². The first-order valence-corrected chi connectivity index (χ1v) is 12.7. The average Bonchev–Trinajstić information content (AvgIpc) is 3.45. The number of aromatic nitrogens is 2. The molecule has 0 radical (unpaired) electrons. The van der Waals surface area contributed by atoms with Crippen molar-refractivity contribution >= 4 is 23.4 Å². The fraction of sp³-hybridized carbons (Fsp3) is 0.393. The van der Waals surface area contributed by atoms with Gasteiger partial charge >= 0.3 is 0 Å². The molecule has 3 N–H and O–H groups in total. The van der Waals surface area contributed by atoms with Crippen molar-refractivity contribution in [3.05, 3.63) is 77.5 Å². The zero-order valence-electron chi connectivity index (χ0n) is 21.2. The number of hydrogen-bond acceptors (Lipinski definition) is 7. The Morgan fingerprint density at radius 2 is 1.92 bits per heavy atom. The van der Waals surface area contributed by atoms with Crippen LogP contribution in [0.25, 0.3) is 0 Å². The molecule has 2 aromatic carbocycles. The van der Waals surface area contributed by atoms with Crippen molar-refractivity contribution in [3.63, 3.8) is 0 Å². The van der Waals surface area contributed by atoms with Crippen molar-refractivity contribution < 1.29 is 9.53 Å². The molecule has 4 rings (SSSR count). The maximum absolute atomic E-state index is 13.3. The first kappa shape index (κ1) is 25.6. The molecule has 0 saturated carbocycles. The van der Waals surface area contributed by atoms with Gasteiger partial charge in [-0.25, -0.2) is 4.98 Å². The lowest BCUT2D eigenvalue weighted by molar-refractivity contribution is 0.0344. The molecule has 1 amide bonds. The summed E-state index contributed by atoms with van der Waals surface area (Å²) < 4.78 is 6.30. The topological polar surface area (TPSA) is 91.4 Å². The zero-order chi connectivity index (χ0) is 25.2. The number of ether oxygens (including phenoxy) is 1. The van der Waals surface area contributed by atoms with Gasteiger partial charge in [-0.3, -0.25) is 4.79 Å². The van der Waals surface area contributed by atoms with Gasteiger partial charge in [0.25, 0.3) is 5.91 Å². The van der Waals surface area contributed by atoms with Gasteiger partial charge < -0.3 is 25.6 Å². The highest BCUT2D eigenvalue weighted by molar-refractivity contribution is 6.07. The summed E-state index contributed by atoms with van der Waals surface area (Å²) in [6, 6.07) is 18.1. The van der Waals surface area contributed by atoms with Crippen LogP contribution in [0.2, 0.25) is 0 Å². The number of nitrogens with one attached hydrogen (secondary N) is 3. The molecule has 8 heteroatoms. The van der Waals surface area contributed by atoms with E-state index in [0.717, 1.165) is 62.3 Å². The Kier molecular flexibility index (Phi) is 9.24. The van der Waals surface area contributed by atoms with E-state index in [9.17, 15) is 4.79 Å². The molecule has 1 aliphatic heterocycles. The third-order valence-corrected chi connectivity index (χ3v) is 6.22. The standard InChI is InChI=1S/C28H36N6O2/c1-3-30-28-31-19-24(26(33-28)34-16-7-8-17-34)27(35)32-23-13-9-10-21(18-23)20-36-25(14-15-29-2)22-11-5-4-6-12-22/h4-6,9-13,18-19,25,29H,3,7-8,14-17,20H2,1-2H3,(H,32,35)(H,30,31,33). The number of amides is 1. The van der Waals surface area contributed by atoms with E-state index >= 15 is 0 Å². The van der Waals surface area contributed by atoms with Crippen LogP contribution < -0.4 is 20.9 Å². The lowest BCUT2D eigenvalue weighted by Crippen LogP contribution is -2.25.